The molecule has 0 aliphatic heterocycles. The number of rotatable bonds is 5. The summed E-state index contributed by atoms with van der Waals surface area (Å²) in [4.78, 5) is 30.2. The van der Waals surface area contributed by atoms with E-state index >= 15 is 0 Å². The smallest absolute Gasteiger partial charge is 0.245 e. The minimum atomic E-state index is -0.753. The van der Waals surface area contributed by atoms with E-state index in [4.69, 9.17) is 5.53 Å². The molecule has 25 heavy (non-hydrogen) atoms. The van der Waals surface area contributed by atoms with Crippen molar-refractivity contribution in [2.24, 2.45) is 5.11 Å². The van der Waals surface area contributed by atoms with Gasteiger partial charge in [0.1, 0.15) is 0 Å². The second kappa shape index (κ2) is 7.29. The molecule has 1 heterocycles. The predicted octanol–water partition coefficient (Wildman–Crippen LogP) is 4.66. The van der Waals surface area contributed by atoms with Crippen molar-refractivity contribution in [1.82, 2.24) is 4.98 Å². The number of hydrogen-bond acceptors (Lipinski definition) is 2. The molecule has 0 atom stereocenters. The summed E-state index contributed by atoms with van der Waals surface area (Å²) in [6.45, 7) is 0. The molecule has 0 unspecified atom stereocenters. The van der Waals surface area contributed by atoms with Crippen LogP contribution < -0.4 is 0 Å². The van der Waals surface area contributed by atoms with E-state index in [9.17, 15) is 9.59 Å². The summed E-state index contributed by atoms with van der Waals surface area (Å²) in [5.41, 5.74) is 10.9. The van der Waals surface area contributed by atoms with E-state index in [1.54, 1.807) is 36.5 Å². The summed E-state index contributed by atoms with van der Waals surface area (Å²) in [7, 11) is 0. The van der Waals surface area contributed by atoms with Gasteiger partial charge in [-0.15, -0.1) is 0 Å². The fourth-order valence-corrected chi connectivity index (χ4v) is 2.59. The van der Waals surface area contributed by atoms with Crippen molar-refractivity contribution in [3.8, 4) is 0 Å². The van der Waals surface area contributed by atoms with Crippen LogP contribution in [0.1, 0.15) is 22.3 Å². The molecule has 0 fully saturated rings. The molecule has 122 valence electrons. The second-order valence-electron chi connectivity index (χ2n) is 5.42. The number of ketones is 1. The van der Waals surface area contributed by atoms with Crippen molar-refractivity contribution in [2.45, 2.75) is 6.42 Å². The van der Waals surface area contributed by atoms with Crippen molar-refractivity contribution < 1.29 is 9.59 Å². The van der Waals surface area contributed by atoms with Gasteiger partial charge in [-0.05, 0) is 22.8 Å². The van der Waals surface area contributed by atoms with Crippen molar-refractivity contribution in [2.75, 3.05) is 0 Å². The van der Waals surface area contributed by atoms with Gasteiger partial charge in [-0.2, -0.15) is 0 Å². The molecule has 3 rings (SSSR count). The number of amides is 1. The summed E-state index contributed by atoms with van der Waals surface area (Å²) < 4.78 is 0. The number of carbonyl (C=O) groups excluding carboxylic acids is 2. The zero-order valence-corrected chi connectivity index (χ0v) is 13.2. The van der Waals surface area contributed by atoms with Crippen molar-refractivity contribution in [3.63, 3.8) is 0 Å². The highest BCUT2D eigenvalue weighted by Crippen LogP contribution is 2.22. The molecule has 0 radical (unpaired) electrons. The van der Waals surface area contributed by atoms with Crippen LogP contribution in [-0.4, -0.2) is 16.7 Å². The van der Waals surface area contributed by atoms with Crippen LogP contribution in [-0.2, 0) is 4.79 Å². The number of nitrogens with one attached hydrogen (secondary N) is 1. The number of Topliss-reactive ketones (excluding diaryl/α,β-unsaturated/α-hetero) is 1. The SMILES string of the molecule is [N-]=[N+]=NC(=O)/C(=C/c1c[nH]c2ccccc12)CC(=O)c1ccccc1. The minimum absolute atomic E-state index is 0.138. The molecule has 0 bridgehead atoms. The van der Waals surface area contributed by atoms with E-state index in [2.05, 4.69) is 15.0 Å². The average molecular weight is 330 g/mol. The third kappa shape index (κ3) is 3.65. The van der Waals surface area contributed by atoms with Crippen molar-refractivity contribution >= 4 is 28.7 Å². The molecular formula is C19H14N4O2. The van der Waals surface area contributed by atoms with Crippen molar-refractivity contribution in [1.29, 1.82) is 0 Å². The maximum absolute atomic E-state index is 12.4. The minimum Gasteiger partial charge on any atom is -0.361 e. The number of aromatic amines is 1. The lowest BCUT2D eigenvalue weighted by atomic mass is 10.0. The Bertz CT molecular complexity index is 1010. The highest BCUT2D eigenvalue weighted by atomic mass is 16.2. The van der Waals surface area contributed by atoms with E-state index < -0.39 is 5.91 Å². The van der Waals surface area contributed by atoms with Gasteiger partial charge < -0.3 is 4.98 Å². The summed E-state index contributed by atoms with van der Waals surface area (Å²) in [5, 5.41) is 4.06. The summed E-state index contributed by atoms with van der Waals surface area (Å²) >= 11 is 0. The average Bonchev–Trinajstić information content (AvgIpc) is 3.05. The molecule has 6 nitrogen and oxygen atoms in total. The highest BCUT2D eigenvalue weighted by molar-refractivity contribution is 6.08. The van der Waals surface area contributed by atoms with Crippen LogP contribution in [0.3, 0.4) is 0 Å². The van der Waals surface area contributed by atoms with Gasteiger partial charge in [-0.1, -0.05) is 48.5 Å². The number of benzene rings is 2. The van der Waals surface area contributed by atoms with E-state index in [0.29, 0.717) is 5.56 Å². The molecule has 0 spiro atoms. The van der Waals surface area contributed by atoms with E-state index in [-0.39, 0.29) is 17.8 Å². The van der Waals surface area contributed by atoms with Gasteiger partial charge in [0.25, 0.3) is 0 Å². The van der Waals surface area contributed by atoms with Gasteiger partial charge >= 0.3 is 0 Å². The molecule has 0 saturated heterocycles. The van der Waals surface area contributed by atoms with E-state index in [1.165, 1.54) is 0 Å². The molecule has 1 aromatic heterocycles. The standard InChI is InChI=1S/C19H14N4O2/c20-23-22-19(25)14(11-18(24)13-6-2-1-3-7-13)10-15-12-21-17-9-5-4-8-16(15)17/h1-10,12,21H,11H2/b14-10+. The maximum Gasteiger partial charge on any atom is 0.245 e. The van der Waals surface area contributed by atoms with Crippen LogP contribution in [0, 0.1) is 0 Å². The van der Waals surface area contributed by atoms with Gasteiger partial charge in [0.15, 0.2) is 5.78 Å². The zero-order chi connectivity index (χ0) is 17.6. The Morgan fingerprint density at radius 1 is 1.08 bits per heavy atom. The normalized spacial score (nSPS) is 11.1. The number of H-pyrrole nitrogens is 1. The molecule has 0 aliphatic carbocycles. The van der Waals surface area contributed by atoms with Crippen LogP contribution in [0.2, 0.25) is 0 Å². The number of carbonyl (C=O) groups is 2. The second-order valence-corrected chi connectivity index (χ2v) is 5.42. The van der Waals surface area contributed by atoms with Crippen molar-refractivity contribution in [3.05, 3.63) is 87.9 Å². The lowest BCUT2D eigenvalue weighted by molar-refractivity contribution is -0.114. The van der Waals surface area contributed by atoms with Crippen LogP contribution in [0.5, 0.6) is 0 Å². The largest absolute Gasteiger partial charge is 0.361 e. The first-order chi connectivity index (χ1) is 12.2. The summed E-state index contributed by atoms with van der Waals surface area (Å²) in [6.07, 6.45) is 3.21. The number of para-hydroxylation sites is 1. The topological polar surface area (TPSA) is 98.7 Å². The highest BCUT2D eigenvalue weighted by Gasteiger charge is 2.15. The Morgan fingerprint density at radius 3 is 2.56 bits per heavy atom. The molecule has 6 heteroatoms. The Labute approximate surface area is 143 Å². The molecular weight excluding hydrogens is 316 g/mol. The third-order valence-electron chi connectivity index (χ3n) is 3.81. The van der Waals surface area contributed by atoms with Crippen LogP contribution in [0.15, 0.2) is 71.5 Å². The maximum atomic E-state index is 12.4. The van der Waals surface area contributed by atoms with Gasteiger partial charge in [-0.3, -0.25) is 9.59 Å². The lowest BCUT2D eigenvalue weighted by Gasteiger charge is -2.03. The number of azide groups is 1. The van der Waals surface area contributed by atoms with Gasteiger partial charge in [-0.25, -0.2) is 0 Å². The number of hydrogen-bond donors (Lipinski definition) is 1. The molecule has 1 amide bonds. The number of nitrogens with zero attached hydrogens (tertiary/aromatic N) is 3. The molecule has 3 aromatic rings. The Morgan fingerprint density at radius 2 is 1.80 bits per heavy atom. The monoisotopic (exact) mass is 330 g/mol. The van der Waals surface area contributed by atoms with E-state index in [1.807, 2.05) is 30.3 Å². The molecule has 2 aromatic carbocycles. The van der Waals surface area contributed by atoms with Crippen LogP contribution in [0.25, 0.3) is 27.4 Å². The van der Waals surface area contributed by atoms with Crippen LogP contribution in [0.4, 0.5) is 0 Å². The Balaban J connectivity index is 1.99. The quantitative estimate of drug-likeness (QED) is 0.242. The third-order valence-corrected chi connectivity index (χ3v) is 3.81. The van der Waals surface area contributed by atoms with Gasteiger partial charge in [0, 0.05) is 45.1 Å². The summed E-state index contributed by atoms with van der Waals surface area (Å²) in [6, 6.07) is 16.3. The zero-order valence-electron chi connectivity index (χ0n) is 13.2. The number of fused-ring (bicyclic) bond motifs is 1. The molecule has 1 N–H and O–H groups in total. The van der Waals surface area contributed by atoms with Gasteiger partial charge in [0.05, 0.1) is 0 Å². The first kappa shape index (κ1) is 16.2. The lowest BCUT2D eigenvalue weighted by Crippen LogP contribution is -2.06. The Hall–Kier alpha value is -3.63. The summed E-state index contributed by atoms with van der Waals surface area (Å²) in [5.74, 6) is -0.967. The molecule has 0 saturated carbocycles. The van der Waals surface area contributed by atoms with Gasteiger partial charge in [0.2, 0.25) is 5.91 Å². The fourth-order valence-electron chi connectivity index (χ4n) is 2.59. The van der Waals surface area contributed by atoms with Crippen LogP contribution >= 0.6 is 0 Å². The fraction of sp³-hybridized carbons (Fsp3) is 0.0526. The predicted molar refractivity (Wildman–Crippen MR) is 95.8 cm³/mol. The molecule has 0 aliphatic rings. The van der Waals surface area contributed by atoms with E-state index in [0.717, 1.165) is 16.5 Å². The first-order valence-corrected chi connectivity index (χ1v) is 7.63. The Kier molecular flexibility index (Phi) is 4.74. The number of aromatic nitrogens is 1. The first-order valence-electron chi connectivity index (χ1n) is 7.63.